The minimum Gasteiger partial charge on any atom is -0.314 e. The van der Waals surface area contributed by atoms with Gasteiger partial charge in [0.25, 0.3) is 0 Å². The lowest BCUT2D eigenvalue weighted by Crippen LogP contribution is -2.43. The third-order valence-electron chi connectivity index (χ3n) is 4.69. The van der Waals surface area contributed by atoms with Gasteiger partial charge in [-0.05, 0) is 53.5 Å². The van der Waals surface area contributed by atoms with Crippen LogP contribution in [0.2, 0.25) is 5.02 Å². The summed E-state index contributed by atoms with van der Waals surface area (Å²) < 4.78 is 13.7. The zero-order valence-corrected chi connectivity index (χ0v) is 15.5. The summed E-state index contributed by atoms with van der Waals surface area (Å²) in [4.78, 5) is 4.59. The maximum Gasteiger partial charge on any atom is 0.124 e. The Bertz CT molecular complexity index is 815. The lowest BCUT2D eigenvalue weighted by molar-refractivity contribution is 0.245. The van der Waals surface area contributed by atoms with E-state index in [0.29, 0.717) is 0 Å². The number of benzene rings is 2. The number of hydrogen-bond donors (Lipinski definition) is 1. The summed E-state index contributed by atoms with van der Waals surface area (Å²) in [6, 6.07) is 11.0. The molecule has 0 spiro atoms. The average Bonchev–Trinajstić information content (AvgIpc) is 2.62. The van der Waals surface area contributed by atoms with E-state index in [1.807, 2.05) is 24.3 Å². The molecule has 1 N–H and O–H groups in total. The van der Waals surface area contributed by atoms with Gasteiger partial charge in [0, 0.05) is 47.5 Å². The van der Waals surface area contributed by atoms with E-state index in [-0.39, 0.29) is 5.82 Å². The Hall–Kier alpha value is -1.33. The topological polar surface area (TPSA) is 15.3 Å². The fourth-order valence-corrected chi connectivity index (χ4v) is 4.70. The second kappa shape index (κ2) is 7.50. The van der Waals surface area contributed by atoms with Gasteiger partial charge in [0.2, 0.25) is 0 Å². The summed E-state index contributed by atoms with van der Waals surface area (Å²) in [6.45, 7) is 5.37. The van der Waals surface area contributed by atoms with Crippen LogP contribution in [0.4, 0.5) is 4.39 Å². The molecule has 2 aromatic rings. The number of fused-ring (bicyclic) bond motifs is 2. The first kappa shape index (κ1) is 17.1. The van der Waals surface area contributed by atoms with Crippen molar-refractivity contribution >= 4 is 28.9 Å². The number of hydrogen-bond acceptors (Lipinski definition) is 3. The number of piperazine rings is 1. The molecule has 2 aliphatic heterocycles. The maximum atomic E-state index is 13.7. The van der Waals surface area contributed by atoms with Crippen molar-refractivity contribution in [3.63, 3.8) is 0 Å². The molecule has 2 nitrogen and oxygen atoms in total. The van der Waals surface area contributed by atoms with Crippen LogP contribution in [-0.4, -0.2) is 37.6 Å². The molecule has 0 aliphatic carbocycles. The van der Waals surface area contributed by atoms with Gasteiger partial charge in [-0.3, -0.25) is 0 Å². The zero-order valence-electron chi connectivity index (χ0n) is 13.9. The van der Waals surface area contributed by atoms with Crippen molar-refractivity contribution in [2.75, 3.05) is 32.7 Å². The summed E-state index contributed by atoms with van der Waals surface area (Å²) >= 11 is 7.85. The summed E-state index contributed by atoms with van der Waals surface area (Å²) in [6.07, 6.45) is 3.26. The van der Waals surface area contributed by atoms with Crippen LogP contribution in [-0.2, 0) is 0 Å². The monoisotopic (exact) mass is 374 g/mol. The quantitative estimate of drug-likeness (QED) is 0.717. The van der Waals surface area contributed by atoms with Crippen LogP contribution < -0.4 is 5.32 Å². The highest BCUT2D eigenvalue weighted by Crippen LogP contribution is 2.46. The first-order chi connectivity index (χ1) is 12.2. The van der Waals surface area contributed by atoms with Gasteiger partial charge in [0.05, 0.1) is 0 Å². The number of nitrogens with zero attached hydrogens (tertiary/aromatic N) is 1. The van der Waals surface area contributed by atoms with Crippen molar-refractivity contribution < 1.29 is 4.39 Å². The number of nitrogens with one attached hydrogen (secondary N) is 1. The van der Waals surface area contributed by atoms with Crippen LogP contribution in [0.1, 0.15) is 17.5 Å². The van der Waals surface area contributed by atoms with Crippen LogP contribution >= 0.6 is 23.4 Å². The zero-order chi connectivity index (χ0) is 17.2. The third kappa shape index (κ3) is 3.77. The van der Waals surface area contributed by atoms with Crippen LogP contribution in [0.5, 0.6) is 0 Å². The van der Waals surface area contributed by atoms with Crippen molar-refractivity contribution in [3.05, 3.63) is 64.4 Å². The minimum absolute atomic E-state index is 0.191. The fourth-order valence-electron chi connectivity index (χ4n) is 3.41. The first-order valence-corrected chi connectivity index (χ1v) is 9.81. The standard InChI is InChI=1S/C20H20ClFN2S/c21-14-3-6-19-18(12-14)16(2-1-9-24-10-7-23-8-11-24)17-5-4-15(22)13-20(17)25-19/h2-6,12-13,23H,1,7-11H2. The minimum atomic E-state index is -0.191. The molecule has 4 rings (SSSR count). The van der Waals surface area contributed by atoms with Gasteiger partial charge in [-0.1, -0.05) is 35.5 Å². The lowest BCUT2D eigenvalue weighted by Gasteiger charge is -2.27. The van der Waals surface area contributed by atoms with Gasteiger partial charge in [-0.15, -0.1) is 0 Å². The number of halogens is 2. The molecule has 0 saturated carbocycles. The molecule has 2 heterocycles. The molecule has 2 aliphatic rings. The van der Waals surface area contributed by atoms with E-state index in [1.165, 1.54) is 5.57 Å². The second-order valence-corrected chi connectivity index (χ2v) is 7.90. The van der Waals surface area contributed by atoms with Gasteiger partial charge in [0.1, 0.15) is 5.82 Å². The van der Waals surface area contributed by atoms with E-state index in [9.17, 15) is 4.39 Å². The van der Waals surface area contributed by atoms with E-state index in [2.05, 4.69) is 16.3 Å². The molecule has 0 aromatic heterocycles. The van der Waals surface area contributed by atoms with Crippen molar-refractivity contribution in [2.45, 2.75) is 16.2 Å². The van der Waals surface area contributed by atoms with E-state index >= 15 is 0 Å². The molecule has 130 valence electrons. The Morgan fingerprint density at radius 2 is 1.92 bits per heavy atom. The van der Waals surface area contributed by atoms with E-state index in [1.54, 1.807) is 23.9 Å². The Balaban J connectivity index is 1.65. The van der Waals surface area contributed by atoms with Crippen molar-refractivity contribution in [1.82, 2.24) is 10.2 Å². The average molecular weight is 375 g/mol. The number of rotatable bonds is 3. The highest BCUT2D eigenvalue weighted by molar-refractivity contribution is 7.99. The molecule has 5 heteroatoms. The first-order valence-electron chi connectivity index (χ1n) is 8.61. The largest absolute Gasteiger partial charge is 0.314 e. The van der Waals surface area contributed by atoms with E-state index in [4.69, 9.17) is 11.6 Å². The molecule has 0 radical (unpaired) electrons. The van der Waals surface area contributed by atoms with Crippen molar-refractivity contribution in [1.29, 1.82) is 0 Å². The summed E-state index contributed by atoms with van der Waals surface area (Å²) in [7, 11) is 0. The van der Waals surface area contributed by atoms with Crippen LogP contribution in [0.25, 0.3) is 5.57 Å². The highest BCUT2D eigenvalue weighted by atomic mass is 35.5. The Morgan fingerprint density at radius 3 is 2.76 bits per heavy atom. The molecule has 0 amide bonds. The maximum absolute atomic E-state index is 13.7. The third-order valence-corrected chi connectivity index (χ3v) is 6.06. The molecular weight excluding hydrogens is 355 g/mol. The fraction of sp³-hybridized carbons (Fsp3) is 0.300. The SMILES string of the molecule is Fc1ccc2c(c1)Sc1ccc(Cl)cc1C2=CCCN1CCNCC1. The van der Waals surface area contributed by atoms with E-state index < -0.39 is 0 Å². The van der Waals surface area contributed by atoms with Gasteiger partial charge >= 0.3 is 0 Å². The van der Waals surface area contributed by atoms with Crippen molar-refractivity contribution in [2.24, 2.45) is 0 Å². The Kier molecular flexibility index (Phi) is 5.13. The molecule has 25 heavy (non-hydrogen) atoms. The second-order valence-electron chi connectivity index (χ2n) is 6.38. The smallest absolute Gasteiger partial charge is 0.124 e. The summed E-state index contributed by atoms with van der Waals surface area (Å²) in [5, 5.41) is 4.12. The molecule has 0 unspecified atom stereocenters. The predicted octanol–water partition coefficient (Wildman–Crippen LogP) is 4.67. The molecule has 1 saturated heterocycles. The Labute approximate surface area is 157 Å². The molecular formula is C20H20ClFN2S. The summed E-state index contributed by atoms with van der Waals surface area (Å²) in [5.41, 5.74) is 3.42. The Morgan fingerprint density at radius 1 is 1.08 bits per heavy atom. The molecule has 2 aromatic carbocycles. The highest BCUT2D eigenvalue weighted by Gasteiger charge is 2.21. The predicted molar refractivity (Wildman–Crippen MR) is 103 cm³/mol. The molecule has 0 atom stereocenters. The van der Waals surface area contributed by atoms with Gasteiger partial charge in [-0.2, -0.15) is 0 Å². The van der Waals surface area contributed by atoms with Gasteiger partial charge in [0.15, 0.2) is 0 Å². The van der Waals surface area contributed by atoms with E-state index in [0.717, 1.165) is 65.1 Å². The van der Waals surface area contributed by atoms with Gasteiger partial charge < -0.3 is 10.2 Å². The summed E-state index contributed by atoms with van der Waals surface area (Å²) in [5.74, 6) is -0.191. The lowest BCUT2D eigenvalue weighted by atomic mass is 9.96. The van der Waals surface area contributed by atoms with Crippen LogP contribution in [0, 0.1) is 5.82 Å². The van der Waals surface area contributed by atoms with Crippen LogP contribution in [0.15, 0.2) is 52.3 Å². The van der Waals surface area contributed by atoms with Crippen molar-refractivity contribution in [3.8, 4) is 0 Å². The molecule has 0 bridgehead atoms. The van der Waals surface area contributed by atoms with Gasteiger partial charge in [-0.25, -0.2) is 4.39 Å². The normalized spacial score (nSPS) is 18.9. The molecule has 1 fully saturated rings. The van der Waals surface area contributed by atoms with Crippen LogP contribution in [0.3, 0.4) is 0 Å².